The molecule has 0 spiro atoms. The number of nitrogens with zero attached hydrogens (tertiary/aromatic N) is 2. The van der Waals surface area contributed by atoms with Gasteiger partial charge in [0.25, 0.3) is 0 Å². The van der Waals surface area contributed by atoms with Gasteiger partial charge in [-0.25, -0.2) is 14.2 Å². The molecule has 0 fully saturated rings. The molecule has 0 unspecified atom stereocenters. The van der Waals surface area contributed by atoms with Crippen LogP contribution < -0.4 is 10.7 Å². The van der Waals surface area contributed by atoms with Crippen LogP contribution in [0.2, 0.25) is 0 Å². The average molecular weight is 446 g/mol. The summed E-state index contributed by atoms with van der Waals surface area (Å²) in [5, 5.41) is 7.63. The van der Waals surface area contributed by atoms with E-state index in [9.17, 15) is 18.4 Å². The first-order valence-corrected chi connectivity index (χ1v) is 10.2. The zero-order valence-corrected chi connectivity index (χ0v) is 17.5. The molecule has 1 heterocycles. The van der Waals surface area contributed by atoms with Crippen LogP contribution in [0.15, 0.2) is 84.1 Å². The van der Waals surface area contributed by atoms with Crippen LogP contribution in [0.4, 0.5) is 14.5 Å². The SMILES string of the molecule is O=C(Cc1ccc(F)cc1)N/N=C/c1cn(CC(=O)Nc2ccc(F)cc2)c2ccccc12. The monoisotopic (exact) mass is 446 g/mol. The van der Waals surface area contributed by atoms with Gasteiger partial charge in [0.15, 0.2) is 0 Å². The third-order valence-electron chi connectivity index (χ3n) is 4.93. The maximum absolute atomic E-state index is 13.1. The minimum absolute atomic E-state index is 0.0443. The average Bonchev–Trinajstić information content (AvgIpc) is 3.14. The summed E-state index contributed by atoms with van der Waals surface area (Å²) in [4.78, 5) is 24.6. The Labute approximate surface area is 188 Å². The predicted octanol–water partition coefficient (Wildman–Crippen LogP) is 4.25. The number of carbonyl (C=O) groups excluding carboxylic acids is 2. The number of rotatable bonds is 7. The lowest BCUT2D eigenvalue weighted by Gasteiger charge is -2.07. The summed E-state index contributed by atoms with van der Waals surface area (Å²) in [6.07, 6.45) is 3.35. The molecule has 1 aromatic heterocycles. The predicted molar refractivity (Wildman–Crippen MR) is 123 cm³/mol. The van der Waals surface area contributed by atoms with E-state index in [4.69, 9.17) is 0 Å². The van der Waals surface area contributed by atoms with Crippen molar-refractivity contribution in [2.24, 2.45) is 5.10 Å². The fraction of sp³-hybridized carbons (Fsp3) is 0.0800. The molecule has 0 radical (unpaired) electrons. The summed E-state index contributed by atoms with van der Waals surface area (Å²) >= 11 is 0. The van der Waals surface area contributed by atoms with Gasteiger partial charge in [0.05, 0.1) is 12.6 Å². The lowest BCUT2D eigenvalue weighted by Crippen LogP contribution is -2.19. The fourth-order valence-corrected chi connectivity index (χ4v) is 3.40. The van der Waals surface area contributed by atoms with Crippen molar-refractivity contribution in [1.82, 2.24) is 9.99 Å². The molecule has 0 aliphatic rings. The van der Waals surface area contributed by atoms with E-state index in [1.54, 1.807) is 22.9 Å². The number of carbonyl (C=O) groups is 2. The Bertz CT molecular complexity index is 1310. The summed E-state index contributed by atoms with van der Waals surface area (Å²) in [7, 11) is 0. The molecule has 4 aromatic rings. The molecule has 8 heteroatoms. The molecule has 0 aliphatic carbocycles. The second kappa shape index (κ2) is 9.86. The van der Waals surface area contributed by atoms with Gasteiger partial charge in [-0.05, 0) is 48.0 Å². The molecule has 4 rings (SSSR count). The number of hydrogen-bond acceptors (Lipinski definition) is 3. The van der Waals surface area contributed by atoms with Gasteiger partial charge in [-0.3, -0.25) is 9.59 Å². The highest BCUT2D eigenvalue weighted by atomic mass is 19.1. The zero-order valence-electron chi connectivity index (χ0n) is 17.5. The molecule has 3 aromatic carbocycles. The van der Waals surface area contributed by atoms with Gasteiger partial charge in [-0.1, -0.05) is 30.3 Å². The minimum atomic E-state index is -0.377. The number of hydrogen-bond donors (Lipinski definition) is 2. The number of aromatic nitrogens is 1. The quantitative estimate of drug-likeness (QED) is 0.329. The van der Waals surface area contributed by atoms with Gasteiger partial charge in [0.1, 0.15) is 18.2 Å². The largest absolute Gasteiger partial charge is 0.337 e. The van der Waals surface area contributed by atoms with Gasteiger partial charge in [0.2, 0.25) is 11.8 Å². The smallest absolute Gasteiger partial charge is 0.244 e. The van der Waals surface area contributed by atoms with Gasteiger partial charge in [-0.15, -0.1) is 0 Å². The first kappa shape index (κ1) is 21.9. The Morgan fingerprint density at radius 1 is 0.879 bits per heavy atom. The van der Waals surface area contributed by atoms with Crippen LogP contribution in [0.25, 0.3) is 10.9 Å². The Balaban J connectivity index is 1.43. The van der Waals surface area contributed by atoms with Crippen LogP contribution in [0.1, 0.15) is 11.1 Å². The highest BCUT2D eigenvalue weighted by Gasteiger charge is 2.11. The van der Waals surface area contributed by atoms with Crippen LogP contribution in [0, 0.1) is 11.6 Å². The fourth-order valence-electron chi connectivity index (χ4n) is 3.40. The summed E-state index contributed by atoms with van der Waals surface area (Å²) in [6.45, 7) is 0.0443. The molecule has 2 N–H and O–H groups in total. The molecule has 0 saturated heterocycles. The number of nitrogens with one attached hydrogen (secondary N) is 2. The van der Waals surface area contributed by atoms with E-state index >= 15 is 0 Å². The summed E-state index contributed by atoms with van der Waals surface area (Å²) in [5.74, 6) is -1.34. The van der Waals surface area contributed by atoms with E-state index in [1.807, 2.05) is 24.3 Å². The lowest BCUT2D eigenvalue weighted by molar-refractivity contribution is -0.120. The summed E-state index contributed by atoms with van der Waals surface area (Å²) < 4.78 is 27.8. The van der Waals surface area contributed by atoms with E-state index in [1.165, 1.54) is 42.6 Å². The zero-order chi connectivity index (χ0) is 23.2. The van der Waals surface area contributed by atoms with Crippen LogP contribution in [0.5, 0.6) is 0 Å². The minimum Gasteiger partial charge on any atom is -0.337 e. The highest BCUT2D eigenvalue weighted by molar-refractivity contribution is 6.00. The molecular weight excluding hydrogens is 426 g/mol. The van der Waals surface area contributed by atoms with Crippen molar-refractivity contribution in [1.29, 1.82) is 0 Å². The van der Waals surface area contributed by atoms with Gasteiger partial charge in [-0.2, -0.15) is 5.10 Å². The maximum Gasteiger partial charge on any atom is 0.244 e. The van der Waals surface area contributed by atoms with Crippen molar-refractivity contribution in [2.45, 2.75) is 13.0 Å². The van der Waals surface area contributed by atoms with Crippen molar-refractivity contribution in [2.75, 3.05) is 5.32 Å². The van der Waals surface area contributed by atoms with Crippen LogP contribution in [-0.2, 0) is 22.6 Å². The van der Waals surface area contributed by atoms with Gasteiger partial charge < -0.3 is 9.88 Å². The number of fused-ring (bicyclic) bond motifs is 1. The van der Waals surface area contributed by atoms with Gasteiger partial charge in [0, 0.05) is 28.4 Å². The maximum atomic E-state index is 13.1. The third-order valence-corrected chi connectivity index (χ3v) is 4.93. The van der Waals surface area contributed by atoms with Gasteiger partial charge >= 0.3 is 0 Å². The van der Waals surface area contributed by atoms with Crippen molar-refractivity contribution >= 4 is 34.6 Å². The van der Waals surface area contributed by atoms with Crippen molar-refractivity contribution in [3.05, 3.63) is 102 Å². The van der Waals surface area contributed by atoms with Crippen molar-refractivity contribution in [3.63, 3.8) is 0 Å². The Morgan fingerprint density at radius 3 is 2.27 bits per heavy atom. The number of amides is 2. The number of benzene rings is 3. The summed E-state index contributed by atoms with van der Waals surface area (Å²) in [6, 6.07) is 18.7. The van der Waals surface area contributed by atoms with E-state index in [2.05, 4.69) is 15.8 Å². The second-order valence-corrected chi connectivity index (χ2v) is 7.38. The second-order valence-electron chi connectivity index (χ2n) is 7.38. The molecular formula is C25H20F2N4O2. The van der Waals surface area contributed by atoms with Crippen LogP contribution >= 0.6 is 0 Å². The lowest BCUT2D eigenvalue weighted by atomic mass is 10.1. The van der Waals surface area contributed by atoms with E-state index in [-0.39, 0.29) is 36.4 Å². The standard InChI is InChI=1S/C25H20F2N4O2/c26-19-7-5-17(6-8-19)13-24(32)30-28-14-18-15-31(23-4-2-1-3-22(18)23)16-25(33)29-21-11-9-20(27)10-12-21/h1-12,14-15H,13,16H2,(H,29,33)(H,30,32)/b28-14+. The van der Waals surface area contributed by atoms with E-state index < -0.39 is 0 Å². The van der Waals surface area contributed by atoms with Crippen molar-refractivity contribution < 1.29 is 18.4 Å². The van der Waals surface area contributed by atoms with Crippen molar-refractivity contribution in [3.8, 4) is 0 Å². The molecule has 166 valence electrons. The molecule has 0 saturated carbocycles. The number of halogens is 2. The summed E-state index contributed by atoms with van der Waals surface area (Å²) in [5.41, 5.74) is 5.19. The molecule has 6 nitrogen and oxygen atoms in total. The normalized spacial score (nSPS) is 11.1. The Morgan fingerprint density at radius 2 is 1.55 bits per heavy atom. The Hall–Kier alpha value is -4.33. The third kappa shape index (κ3) is 5.68. The first-order valence-electron chi connectivity index (χ1n) is 10.2. The van der Waals surface area contributed by atoms with E-state index in [0.29, 0.717) is 11.3 Å². The van der Waals surface area contributed by atoms with Crippen LogP contribution in [-0.4, -0.2) is 22.6 Å². The molecule has 0 aliphatic heterocycles. The molecule has 0 bridgehead atoms. The first-order chi connectivity index (χ1) is 16.0. The number of para-hydroxylation sites is 1. The number of anilines is 1. The molecule has 33 heavy (non-hydrogen) atoms. The van der Waals surface area contributed by atoms with Crippen LogP contribution in [0.3, 0.4) is 0 Å². The molecule has 0 atom stereocenters. The Kier molecular flexibility index (Phi) is 6.54. The van der Waals surface area contributed by atoms with E-state index in [0.717, 1.165) is 16.5 Å². The molecule has 2 amide bonds. The number of hydrazone groups is 1. The topological polar surface area (TPSA) is 75.5 Å². The highest BCUT2D eigenvalue weighted by Crippen LogP contribution is 2.20.